The van der Waals surface area contributed by atoms with Crippen LogP contribution >= 0.6 is 0 Å². The van der Waals surface area contributed by atoms with E-state index in [1.165, 1.54) is 29.3 Å². The van der Waals surface area contributed by atoms with Crippen LogP contribution in [0, 0.1) is 0 Å². The summed E-state index contributed by atoms with van der Waals surface area (Å²) in [6, 6.07) is 10.0. The molecule has 1 aromatic carbocycles. The first-order valence-electron chi connectivity index (χ1n) is 6.84. The van der Waals surface area contributed by atoms with Crippen LogP contribution in [0.1, 0.15) is 25.3 Å². The van der Waals surface area contributed by atoms with E-state index in [0.717, 1.165) is 19.1 Å². The minimum absolute atomic E-state index is 0.518. The summed E-state index contributed by atoms with van der Waals surface area (Å²) < 4.78 is 0. The van der Waals surface area contributed by atoms with Gasteiger partial charge < -0.3 is 15.6 Å². The molecule has 0 radical (unpaired) electrons. The average molecular weight is 243 g/mol. The quantitative estimate of drug-likeness (QED) is 0.729. The van der Waals surface area contributed by atoms with E-state index >= 15 is 0 Å². The molecule has 0 bridgehead atoms. The first-order chi connectivity index (χ1) is 8.81. The molecule has 0 aliphatic heterocycles. The maximum atomic E-state index is 3.56. The summed E-state index contributed by atoms with van der Waals surface area (Å²) in [5.41, 5.74) is 2.56. The minimum atomic E-state index is 0.518. The van der Waals surface area contributed by atoms with Gasteiger partial charge in [-0.15, -0.1) is 0 Å². The molecule has 96 valence electrons. The van der Waals surface area contributed by atoms with Crippen molar-refractivity contribution in [1.29, 1.82) is 0 Å². The number of aromatic amines is 1. The fourth-order valence-corrected chi connectivity index (χ4v) is 2.20. The third kappa shape index (κ3) is 2.92. The molecule has 18 heavy (non-hydrogen) atoms. The van der Waals surface area contributed by atoms with E-state index in [9.17, 15) is 0 Å². The Bertz CT molecular complexity index is 513. The van der Waals surface area contributed by atoms with Gasteiger partial charge in [-0.2, -0.15) is 0 Å². The molecule has 0 saturated heterocycles. The highest BCUT2D eigenvalue weighted by atomic mass is 15.0. The summed E-state index contributed by atoms with van der Waals surface area (Å²) in [5, 5.41) is 8.39. The van der Waals surface area contributed by atoms with Crippen LogP contribution in [0.3, 0.4) is 0 Å². The Morgan fingerprint density at radius 2 is 2.22 bits per heavy atom. The highest BCUT2D eigenvalue weighted by Crippen LogP contribution is 2.18. The Kier molecular flexibility index (Phi) is 3.35. The zero-order valence-corrected chi connectivity index (χ0v) is 10.9. The fourth-order valence-electron chi connectivity index (χ4n) is 2.20. The summed E-state index contributed by atoms with van der Waals surface area (Å²) in [5.74, 6) is 0. The predicted octanol–water partition coefficient (Wildman–Crippen LogP) is 2.40. The number of rotatable bonds is 6. The first-order valence-corrected chi connectivity index (χ1v) is 6.84. The maximum Gasteiger partial charge on any atom is 0.0457 e. The fraction of sp³-hybridized carbons (Fsp3) is 0.467. The van der Waals surface area contributed by atoms with Gasteiger partial charge in [-0.3, -0.25) is 0 Å². The van der Waals surface area contributed by atoms with Gasteiger partial charge in [0.15, 0.2) is 0 Å². The average Bonchev–Trinajstić information content (AvgIpc) is 3.10. The third-order valence-corrected chi connectivity index (χ3v) is 3.56. The van der Waals surface area contributed by atoms with Crippen LogP contribution in [0.2, 0.25) is 0 Å². The molecule has 1 aromatic heterocycles. The normalized spacial score (nSPS) is 17.2. The van der Waals surface area contributed by atoms with Crippen molar-refractivity contribution in [2.45, 2.75) is 38.4 Å². The molecule has 3 nitrogen and oxygen atoms in total. The van der Waals surface area contributed by atoms with Gasteiger partial charge in [-0.25, -0.2) is 0 Å². The van der Waals surface area contributed by atoms with E-state index in [4.69, 9.17) is 0 Å². The first kappa shape index (κ1) is 11.8. The molecule has 1 aliphatic carbocycles. The molecule has 3 rings (SSSR count). The monoisotopic (exact) mass is 243 g/mol. The lowest BCUT2D eigenvalue weighted by Gasteiger charge is -2.14. The van der Waals surface area contributed by atoms with Crippen molar-refractivity contribution >= 4 is 10.9 Å². The molecular weight excluding hydrogens is 222 g/mol. The number of fused-ring (bicyclic) bond motifs is 1. The van der Waals surface area contributed by atoms with E-state index in [1.807, 2.05) is 6.20 Å². The van der Waals surface area contributed by atoms with Crippen molar-refractivity contribution in [3.63, 3.8) is 0 Å². The standard InChI is InChI=1S/C15H21N3/c1-11(9-18-14-4-5-14)17-10-12-2-3-13-6-7-16-15(13)8-12/h2-3,6-8,11,14,16-18H,4-5,9-10H2,1H3. The Balaban J connectivity index is 1.51. The van der Waals surface area contributed by atoms with Crippen LogP contribution in [0.25, 0.3) is 10.9 Å². The van der Waals surface area contributed by atoms with E-state index in [-0.39, 0.29) is 0 Å². The number of nitrogens with one attached hydrogen (secondary N) is 3. The van der Waals surface area contributed by atoms with Crippen molar-refractivity contribution < 1.29 is 0 Å². The third-order valence-electron chi connectivity index (χ3n) is 3.56. The summed E-state index contributed by atoms with van der Waals surface area (Å²) >= 11 is 0. The second-order valence-corrected chi connectivity index (χ2v) is 5.36. The highest BCUT2D eigenvalue weighted by Gasteiger charge is 2.20. The second-order valence-electron chi connectivity index (χ2n) is 5.36. The molecule has 3 N–H and O–H groups in total. The van der Waals surface area contributed by atoms with E-state index in [2.05, 4.69) is 46.8 Å². The Hall–Kier alpha value is -1.32. The molecule has 1 unspecified atom stereocenters. The summed E-state index contributed by atoms with van der Waals surface area (Å²) in [6.07, 6.45) is 4.70. The van der Waals surface area contributed by atoms with Crippen molar-refractivity contribution in [2.75, 3.05) is 6.54 Å². The van der Waals surface area contributed by atoms with Crippen LogP contribution in [-0.2, 0) is 6.54 Å². The van der Waals surface area contributed by atoms with Crippen LogP contribution in [-0.4, -0.2) is 23.6 Å². The van der Waals surface area contributed by atoms with Gasteiger partial charge in [-0.1, -0.05) is 12.1 Å². The van der Waals surface area contributed by atoms with E-state index < -0.39 is 0 Å². The molecule has 1 atom stereocenters. The molecule has 0 amide bonds. The number of hydrogen-bond acceptors (Lipinski definition) is 2. The zero-order valence-electron chi connectivity index (χ0n) is 10.9. The Morgan fingerprint density at radius 1 is 1.33 bits per heavy atom. The van der Waals surface area contributed by atoms with Gasteiger partial charge >= 0.3 is 0 Å². The van der Waals surface area contributed by atoms with Crippen LogP contribution in [0.4, 0.5) is 0 Å². The van der Waals surface area contributed by atoms with Crippen LogP contribution in [0.15, 0.2) is 30.5 Å². The summed E-state index contributed by atoms with van der Waals surface area (Å²) in [4.78, 5) is 3.26. The molecule has 0 spiro atoms. The summed E-state index contributed by atoms with van der Waals surface area (Å²) in [7, 11) is 0. The Morgan fingerprint density at radius 3 is 3.06 bits per heavy atom. The molecule has 1 fully saturated rings. The predicted molar refractivity (Wildman–Crippen MR) is 75.6 cm³/mol. The molecule has 1 heterocycles. The maximum absolute atomic E-state index is 3.56. The highest BCUT2D eigenvalue weighted by molar-refractivity contribution is 5.79. The number of aromatic nitrogens is 1. The van der Waals surface area contributed by atoms with Crippen molar-refractivity contribution in [2.24, 2.45) is 0 Å². The van der Waals surface area contributed by atoms with Crippen molar-refractivity contribution in [1.82, 2.24) is 15.6 Å². The summed E-state index contributed by atoms with van der Waals surface area (Å²) in [6.45, 7) is 4.24. The van der Waals surface area contributed by atoms with Gasteiger partial charge in [0.25, 0.3) is 0 Å². The lowest BCUT2D eigenvalue weighted by molar-refractivity contribution is 0.500. The van der Waals surface area contributed by atoms with E-state index in [1.54, 1.807) is 0 Å². The topological polar surface area (TPSA) is 39.8 Å². The van der Waals surface area contributed by atoms with Gasteiger partial charge in [0.05, 0.1) is 0 Å². The van der Waals surface area contributed by atoms with Gasteiger partial charge in [0.2, 0.25) is 0 Å². The van der Waals surface area contributed by atoms with Crippen molar-refractivity contribution in [3.8, 4) is 0 Å². The molecule has 2 aromatic rings. The lowest BCUT2D eigenvalue weighted by atomic mass is 10.1. The zero-order chi connectivity index (χ0) is 12.4. The van der Waals surface area contributed by atoms with Crippen LogP contribution < -0.4 is 10.6 Å². The number of benzene rings is 1. The second kappa shape index (κ2) is 5.12. The largest absolute Gasteiger partial charge is 0.361 e. The number of hydrogen-bond donors (Lipinski definition) is 3. The minimum Gasteiger partial charge on any atom is -0.361 e. The van der Waals surface area contributed by atoms with E-state index in [0.29, 0.717) is 6.04 Å². The Labute approximate surface area is 108 Å². The molecule has 3 heteroatoms. The molecular formula is C15H21N3. The van der Waals surface area contributed by atoms with Gasteiger partial charge in [0.1, 0.15) is 0 Å². The van der Waals surface area contributed by atoms with Crippen LogP contribution in [0.5, 0.6) is 0 Å². The van der Waals surface area contributed by atoms with Gasteiger partial charge in [-0.05, 0) is 42.8 Å². The lowest BCUT2D eigenvalue weighted by Crippen LogP contribution is -2.36. The van der Waals surface area contributed by atoms with Gasteiger partial charge in [0, 0.05) is 36.9 Å². The SMILES string of the molecule is CC(CNC1CC1)NCc1ccc2cc[nH]c2c1. The number of H-pyrrole nitrogens is 1. The smallest absolute Gasteiger partial charge is 0.0457 e. The molecule has 1 aliphatic rings. The molecule has 1 saturated carbocycles. The van der Waals surface area contributed by atoms with Crippen molar-refractivity contribution in [3.05, 3.63) is 36.0 Å².